The summed E-state index contributed by atoms with van der Waals surface area (Å²) in [4.78, 5) is 7.96. The molecule has 1 fully saturated rings. The van der Waals surface area contributed by atoms with Crippen LogP contribution in [0.15, 0.2) is 12.1 Å². The Kier molecular flexibility index (Phi) is 2.63. The minimum absolute atomic E-state index is 0.175. The second-order valence-electron chi connectivity index (χ2n) is 6.69. The van der Waals surface area contributed by atoms with Gasteiger partial charge in [-0.2, -0.15) is 9.19 Å². The van der Waals surface area contributed by atoms with Crippen LogP contribution in [0.25, 0.3) is 22.6 Å². The molecule has 2 heterocycles. The van der Waals surface area contributed by atoms with Crippen molar-refractivity contribution in [2.45, 2.75) is 26.2 Å². The lowest BCUT2D eigenvalue weighted by atomic mass is 9.96. The Morgan fingerprint density at radius 3 is 3.00 bits per heavy atom. The van der Waals surface area contributed by atoms with E-state index in [4.69, 9.17) is 5.73 Å². The predicted octanol–water partition coefficient (Wildman–Crippen LogP) is 3.43. The highest BCUT2D eigenvalue weighted by Crippen LogP contribution is 2.50. The molecular formula is C16H16FN5S. The van der Waals surface area contributed by atoms with Crippen LogP contribution in [-0.2, 0) is 12.8 Å². The first-order valence-electron chi connectivity index (χ1n) is 7.80. The number of hydrogen-bond acceptors (Lipinski definition) is 4. The Morgan fingerprint density at radius 2 is 2.17 bits per heavy atom. The topological polar surface area (TPSA) is 72.5 Å². The molecule has 5 nitrogen and oxygen atoms in total. The fourth-order valence-electron chi connectivity index (χ4n) is 3.74. The third-order valence-electron chi connectivity index (χ3n) is 5.21. The van der Waals surface area contributed by atoms with Crippen molar-refractivity contribution >= 4 is 29.1 Å². The Balaban J connectivity index is 1.68. The van der Waals surface area contributed by atoms with Crippen LogP contribution in [0.2, 0.25) is 0 Å². The molecule has 0 amide bonds. The fourth-order valence-corrected chi connectivity index (χ4v) is 4.12. The van der Waals surface area contributed by atoms with E-state index in [0.29, 0.717) is 5.82 Å². The number of aromatic nitrogens is 4. The van der Waals surface area contributed by atoms with Gasteiger partial charge in [-0.25, -0.2) is 4.98 Å². The Labute approximate surface area is 136 Å². The number of H-pyrrole nitrogens is 1. The maximum absolute atomic E-state index is 13.3. The lowest BCUT2D eigenvalue weighted by Gasteiger charge is -2.11. The summed E-state index contributed by atoms with van der Waals surface area (Å²) in [5, 5.41) is 4.46. The van der Waals surface area contributed by atoms with E-state index < -0.39 is 0 Å². The van der Waals surface area contributed by atoms with Gasteiger partial charge in [-0.3, -0.25) is 0 Å². The summed E-state index contributed by atoms with van der Waals surface area (Å²) in [7, 11) is 0. The van der Waals surface area contributed by atoms with E-state index in [1.54, 1.807) is 0 Å². The van der Waals surface area contributed by atoms with E-state index in [2.05, 4.69) is 15.1 Å². The number of benzene rings is 1. The summed E-state index contributed by atoms with van der Waals surface area (Å²) in [6.45, 7) is 1.97. The average molecular weight is 329 g/mol. The van der Waals surface area contributed by atoms with Crippen molar-refractivity contribution in [2.75, 3.05) is 5.73 Å². The first kappa shape index (κ1) is 13.4. The SMILES string of the molecule is Cc1cc2[nH]c(-c3nn(SF)c4c3CC3CC3C4)nc2cc1N. The van der Waals surface area contributed by atoms with Gasteiger partial charge in [0.25, 0.3) is 0 Å². The van der Waals surface area contributed by atoms with E-state index in [1.807, 2.05) is 19.1 Å². The van der Waals surface area contributed by atoms with Crippen LogP contribution < -0.4 is 5.73 Å². The molecule has 2 atom stereocenters. The number of aryl methyl sites for hydroxylation is 1. The molecule has 0 spiro atoms. The lowest BCUT2D eigenvalue weighted by Crippen LogP contribution is -2.07. The number of nitrogen functional groups attached to an aromatic ring is 1. The number of aromatic amines is 1. The minimum atomic E-state index is 0.175. The van der Waals surface area contributed by atoms with Gasteiger partial charge in [0.05, 0.1) is 16.7 Å². The maximum atomic E-state index is 13.3. The molecule has 2 unspecified atom stereocenters. The van der Waals surface area contributed by atoms with E-state index >= 15 is 0 Å². The first-order valence-corrected chi connectivity index (χ1v) is 8.47. The number of fused-ring (bicyclic) bond motifs is 3. The van der Waals surface area contributed by atoms with E-state index in [-0.39, 0.29) is 12.3 Å². The van der Waals surface area contributed by atoms with Gasteiger partial charge in [0.15, 0.2) is 18.2 Å². The maximum Gasteiger partial charge on any atom is 0.187 e. The molecule has 7 heteroatoms. The molecule has 0 aliphatic heterocycles. The molecule has 0 bridgehead atoms. The summed E-state index contributed by atoms with van der Waals surface area (Å²) >= 11 is 0.175. The fraction of sp³-hybridized carbons (Fsp3) is 0.375. The summed E-state index contributed by atoms with van der Waals surface area (Å²) in [5.74, 6) is 2.16. The summed E-state index contributed by atoms with van der Waals surface area (Å²) in [6.07, 6.45) is 3.16. The van der Waals surface area contributed by atoms with E-state index in [0.717, 1.165) is 63.9 Å². The van der Waals surface area contributed by atoms with Crippen molar-refractivity contribution in [1.29, 1.82) is 0 Å². The lowest BCUT2D eigenvalue weighted by molar-refractivity contribution is 0.632. The van der Waals surface area contributed by atoms with Gasteiger partial charge in [-0.05, 0) is 55.7 Å². The first-order chi connectivity index (χ1) is 11.1. The molecule has 0 saturated heterocycles. The van der Waals surface area contributed by atoms with Gasteiger partial charge < -0.3 is 10.7 Å². The molecule has 3 N–H and O–H groups in total. The van der Waals surface area contributed by atoms with Crippen LogP contribution in [-0.4, -0.2) is 19.2 Å². The number of hydrogen-bond donors (Lipinski definition) is 2. The Bertz CT molecular complexity index is 905. The van der Waals surface area contributed by atoms with E-state index in [1.165, 1.54) is 10.5 Å². The minimum Gasteiger partial charge on any atom is -0.398 e. The monoisotopic (exact) mass is 329 g/mol. The van der Waals surface area contributed by atoms with Crippen molar-refractivity contribution in [1.82, 2.24) is 19.2 Å². The Morgan fingerprint density at radius 1 is 1.35 bits per heavy atom. The van der Waals surface area contributed by atoms with Crippen LogP contribution in [0.5, 0.6) is 0 Å². The number of anilines is 1. The smallest absolute Gasteiger partial charge is 0.187 e. The highest BCUT2D eigenvalue weighted by atomic mass is 32.2. The number of halogens is 1. The zero-order valence-electron chi connectivity index (χ0n) is 12.6. The molecule has 3 aromatic rings. The molecule has 2 aliphatic carbocycles. The van der Waals surface area contributed by atoms with Gasteiger partial charge >= 0.3 is 0 Å². The van der Waals surface area contributed by atoms with Gasteiger partial charge in [-0.15, -0.1) is 3.89 Å². The Hall–Kier alpha value is -2.02. The average Bonchev–Trinajstić information content (AvgIpc) is 3.04. The van der Waals surface area contributed by atoms with Gasteiger partial charge in [0.2, 0.25) is 0 Å². The summed E-state index contributed by atoms with van der Waals surface area (Å²) < 4.78 is 14.7. The van der Waals surface area contributed by atoms with Crippen LogP contribution >= 0.6 is 12.3 Å². The van der Waals surface area contributed by atoms with Crippen molar-refractivity contribution in [3.8, 4) is 11.5 Å². The number of nitrogens with two attached hydrogens (primary N) is 1. The molecule has 118 valence electrons. The molecule has 5 rings (SSSR count). The molecule has 2 aromatic heterocycles. The van der Waals surface area contributed by atoms with Crippen molar-refractivity contribution in [3.05, 3.63) is 29.0 Å². The second-order valence-corrected chi connectivity index (χ2v) is 7.18. The standard InChI is InChI=1S/C16H16FN5S/c1-7-2-12-13(6-11(7)18)20-16(19-12)15-10-4-8-3-9(8)5-14(10)22(21-15)23-17/h2,6,8-9H,3-5,18H2,1H3,(H,19,20). The molecular weight excluding hydrogens is 313 g/mol. The number of nitrogens with zero attached hydrogens (tertiary/aromatic N) is 3. The van der Waals surface area contributed by atoms with Gasteiger partial charge in [0.1, 0.15) is 5.69 Å². The molecule has 0 radical (unpaired) electrons. The third kappa shape index (κ3) is 1.92. The quantitative estimate of drug-likeness (QED) is 0.707. The van der Waals surface area contributed by atoms with Crippen LogP contribution in [0.1, 0.15) is 23.2 Å². The van der Waals surface area contributed by atoms with Crippen LogP contribution in [0.3, 0.4) is 0 Å². The summed E-state index contributed by atoms with van der Waals surface area (Å²) in [6, 6.07) is 3.86. The van der Waals surface area contributed by atoms with Crippen LogP contribution in [0.4, 0.5) is 9.57 Å². The molecule has 2 aliphatic rings. The van der Waals surface area contributed by atoms with E-state index in [9.17, 15) is 3.89 Å². The van der Waals surface area contributed by atoms with Crippen LogP contribution in [0, 0.1) is 18.8 Å². The summed E-state index contributed by atoms with van der Waals surface area (Å²) in [5.41, 5.74) is 12.4. The van der Waals surface area contributed by atoms with Crippen molar-refractivity contribution in [2.24, 2.45) is 11.8 Å². The zero-order valence-corrected chi connectivity index (χ0v) is 13.5. The largest absolute Gasteiger partial charge is 0.398 e. The van der Waals surface area contributed by atoms with Crippen molar-refractivity contribution < 1.29 is 3.89 Å². The zero-order chi connectivity index (χ0) is 15.7. The van der Waals surface area contributed by atoms with Gasteiger partial charge in [-0.1, -0.05) is 0 Å². The highest BCUT2D eigenvalue weighted by Gasteiger charge is 2.44. The number of nitrogens with one attached hydrogen (secondary N) is 1. The number of imidazole rings is 1. The number of rotatable bonds is 2. The molecule has 1 saturated carbocycles. The predicted molar refractivity (Wildman–Crippen MR) is 89.6 cm³/mol. The molecule has 23 heavy (non-hydrogen) atoms. The second kappa shape index (κ2) is 4.50. The highest BCUT2D eigenvalue weighted by molar-refractivity contribution is 7.92. The van der Waals surface area contributed by atoms with Gasteiger partial charge in [0, 0.05) is 11.3 Å². The normalized spacial score (nSPS) is 22.2. The molecule has 1 aromatic carbocycles. The third-order valence-corrected chi connectivity index (χ3v) is 5.64. The van der Waals surface area contributed by atoms with Crippen molar-refractivity contribution in [3.63, 3.8) is 0 Å².